The molecular formula is C17H14N3O3. The van der Waals surface area contributed by atoms with Gasteiger partial charge in [0.25, 0.3) is 0 Å². The molecule has 6 heteroatoms. The number of benzene rings is 2. The van der Waals surface area contributed by atoms with Crippen molar-refractivity contribution >= 4 is 28.9 Å². The number of rotatable bonds is 3. The van der Waals surface area contributed by atoms with Crippen LogP contribution in [0.15, 0.2) is 48.5 Å². The van der Waals surface area contributed by atoms with Crippen molar-refractivity contribution < 1.29 is 14.3 Å². The first kappa shape index (κ1) is 14.8. The maximum Gasteiger partial charge on any atom is 0.413 e. The molecule has 0 saturated carbocycles. The Hall–Kier alpha value is -3.15. The highest BCUT2D eigenvalue weighted by atomic mass is 16.5. The van der Waals surface area contributed by atoms with Gasteiger partial charge < -0.3 is 9.30 Å². The third kappa shape index (κ3) is 2.78. The van der Waals surface area contributed by atoms with Crippen LogP contribution >= 0.6 is 0 Å². The fourth-order valence-corrected chi connectivity index (χ4v) is 2.26. The molecule has 0 aliphatic carbocycles. The van der Waals surface area contributed by atoms with Crippen LogP contribution in [-0.2, 0) is 4.74 Å². The van der Waals surface area contributed by atoms with E-state index >= 15 is 0 Å². The molecule has 0 spiro atoms. The van der Waals surface area contributed by atoms with Gasteiger partial charge in [-0.3, -0.25) is 10.1 Å². The Balaban J connectivity index is 1.99. The van der Waals surface area contributed by atoms with Crippen molar-refractivity contribution in [2.75, 3.05) is 12.4 Å². The zero-order valence-electron chi connectivity index (χ0n) is 12.4. The first-order valence-corrected chi connectivity index (χ1v) is 6.88. The zero-order chi connectivity index (χ0) is 16.4. The number of nitrogens with zero attached hydrogens (tertiary/aromatic N) is 2. The second kappa shape index (κ2) is 5.92. The molecule has 0 saturated heterocycles. The van der Waals surface area contributed by atoms with Gasteiger partial charge in [0.05, 0.1) is 18.1 Å². The van der Waals surface area contributed by atoms with Crippen molar-refractivity contribution in [3.8, 4) is 0 Å². The summed E-state index contributed by atoms with van der Waals surface area (Å²) in [6.07, 6.45) is -0.634. The summed E-state index contributed by atoms with van der Waals surface area (Å²) < 4.78 is 6.01. The fourth-order valence-electron chi connectivity index (χ4n) is 2.26. The summed E-state index contributed by atoms with van der Waals surface area (Å²) in [5.41, 5.74) is 2.38. The largest absolute Gasteiger partial charge is 0.453 e. The van der Waals surface area contributed by atoms with E-state index in [1.165, 1.54) is 11.7 Å². The number of hydrogen-bond donors (Lipinski definition) is 1. The van der Waals surface area contributed by atoms with Crippen LogP contribution in [0.3, 0.4) is 0 Å². The second-order valence-electron chi connectivity index (χ2n) is 4.88. The molecule has 1 radical (unpaired) electrons. The first-order chi connectivity index (χ1) is 11.1. The van der Waals surface area contributed by atoms with Crippen LogP contribution in [0.1, 0.15) is 15.9 Å². The van der Waals surface area contributed by atoms with Crippen molar-refractivity contribution in [3.63, 3.8) is 0 Å². The van der Waals surface area contributed by atoms with Crippen molar-refractivity contribution in [3.05, 3.63) is 66.7 Å². The van der Waals surface area contributed by atoms with E-state index in [4.69, 9.17) is 0 Å². The average Bonchev–Trinajstić information content (AvgIpc) is 2.90. The summed E-state index contributed by atoms with van der Waals surface area (Å²) in [5.74, 6) is 0.157. The van der Waals surface area contributed by atoms with Crippen LogP contribution < -0.4 is 5.32 Å². The van der Waals surface area contributed by atoms with E-state index < -0.39 is 6.09 Å². The Bertz CT molecular complexity index is 885. The summed E-state index contributed by atoms with van der Waals surface area (Å²) in [7, 11) is 5.09. The van der Waals surface area contributed by atoms with E-state index in [1.807, 2.05) is 18.2 Å². The number of hydrogen-bond acceptors (Lipinski definition) is 4. The molecule has 0 aliphatic heterocycles. The molecule has 0 atom stereocenters. The second-order valence-corrected chi connectivity index (χ2v) is 4.88. The molecule has 0 unspecified atom stereocenters. The van der Waals surface area contributed by atoms with Crippen LogP contribution in [0.5, 0.6) is 0 Å². The van der Waals surface area contributed by atoms with E-state index in [9.17, 15) is 9.59 Å². The van der Waals surface area contributed by atoms with Crippen molar-refractivity contribution in [1.29, 1.82) is 0 Å². The van der Waals surface area contributed by atoms with Gasteiger partial charge in [0.15, 0.2) is 5.78 Å². The highest BCUT2D eigenvalue weighted by molar-refractivity contribution is 6.10. The number of fused-ring (bicyclic) bond motifs is 1. The number of anilines is 1. The molecule has 1 N–H and O–H groups in total. The summed E-state index contributed by atoms with van der Waals surface area (Å²) in [4.78, 5) is 28.0. The lowest BCUT2D eigenvalue weighted by Crippen LogP contribution is -2.13. The van der Waals surface area contributed by atoms with Gasteiger partial charge in [-0.05, 0) is 18.2 Å². The van der Waals surface area contributed by atoms with E-state index in [0.717, 1.165) is 0 Å². The minimum Gasteiger partial charge on any atom is -0.453 e. The molecule has 2 aromatic carbocycles. The van der Waals surface area contributed by atoms with Gasteiger partial charge >= 0.3 is 6.09 Å². The molecule has 0 bridgehead atoms. The van der Waals surface area contributed by atoms with Crippen LogP contribution in [0.4, 0.5) is 10.7 Å². The molecule has 115 valence electrons. The SMILES string of the molecule is [CH2]n1c(NC(=O)OC)nc2cc(C(=O)c3ccccc3)ccc21. The minimum absolute atomic E-state index is 0.0893. The predicted octanol–water partition coefficient (Wildman–Crippen LogP) is 3.09. The number of methoxy groups -OCH3 is 1. The Morgan fingerprint density at radius 1 is 1.13 bits per heavy atom. The molecule has 0 aliphatic rings. The maximum absolute atomic E-state index is 12.5. The number of ether oxygens (including phenoxy) is 1. The maximum atomic E-state index is 12.5. The van der Waals surface area contributed by atoms with Gasteiger partial charge in [0.1, 0.15) is 0 Å². The molecule has 1 amide bonds. The lowest BCUT2D eigenvalue weighted by molar-refractivity contribution is 0.103. The molecule has 1 heterocycles. The highest BCUT2D eigenvalue weighted by Crippen LogP contribution is 2.21. The van der Waals surface area contributed by atoms with E-state index in [-0.39, 0.29) is 11.7 Å². The van der Waals surface area contributed by atoms with E-state index in [0.29, 0.717) is 22.2 Å². The van der Waals surface area contributed by atoms with E-state index in [1.54, 1.807) is 30.3 Å². The van der Waals surface area contributed by atoms with E-state index in [2.05, 4.69) is 22.1 Å². The third-order valence-corrected chi connectivity index (χ3v) is 3.45. The normalized spacial score (nSPS) is 10.5. The Labute approximate surface area is 132 Å². The number of aromatic nitrogens is 2. The van der Waals surface area contributed by atoms with Gasteiger partial charge in [0.2, 0.25) is 5.95 Å². The summed E-state index contributed by atoms with van der Waals surface area (Å²) in [6.45, 7) is 0. The predicted molar refractivity (Wildman–Crippen MR) is 86.4 cm³/mol. The molecule has 23 heavy (non-hydrogen) atoms. The molecule has 3 rings (SSSR count). The average molecular weight is 308 g/mol. The summed E-state index contributed by atoms with van der Waals surface area (Å²) in [5, 5.41) is 2.47. The van der Waals surface area contributed by atoms with Gasteiger partial charge in [-0.1, -0.05) is 30.3 Å². The number of imidazole rings is 1. The third-order valence-electron chi connectivity index (χ3n) is 3.45. The Kier molecular flexibility index (Phi) is 3.80. The van der Waals surface area contributed by atoms with Crippen LogP contribution in [-0.4, -0.2) is 28.5 Å². The monoisotopic (exact) mass is 308 g/mol. The van der Waals surface area contributed by atoms with Crippen LogP contribution in [0.25, 0.3) is 11.0 Å². The molecule has 6 nitrogen and oxygen atoms in total. The molecule has 1 aromatic heterocycles. The summed E-state index contributed by atoms with van der Waals surface area (Å²) in [6, 6.07) is 14.1. The van der Waals surface area contributed by atoms with Crippen molar-refractivity contribution in [2.45, 2.75) is 0 Å². The van der Waals surface area contributed by atoms with Gasteiger partial charge in [-0.2, -0.15) is 0 Å². The number of amides is 1. The number of ketones is 1. The number of nitrogens with one attached hydrogen (secondary N) is 1. The lowest BCUT2D eigenvalue weighted by atomic mass is 10.0. The molecule has 3 aromatic rings. The topological polar surface area (TPSA) is 73.2 Å². The van der Waals surface area contributed by atoms with Gasteiger partial charge in [-0.15, -0.1) is 0 Å². The highest BCUT2D eigenvalue weighted by Gasteiger charge is 2.14. The smallest absolute Gasteiger partial charge is 0.413 e. The zero-order valence-corrected chi connectivity index (χ0v) is 12.4. The summed E-state index contributed by atoms with van der Waals surface area (Å²) >= 11 is 0. The Morgan fingerprint density at radius 2 is 1.87 bits per heavy atom. The van der Waals surface area contributed by atoms with Crippen molar-refractivity contribution in [2.24, 2.45) is 0 Å². The quantitative estimate of drug-likeness (QED) is 0.755. The number of carbonyl (C=O) groups excluding carboxylic acids is 2. The van der Waals surface area contributed by atoms with Crippen molar-refractivity contribution in [1.82, 2.24) is 9.55 Å². The van der Waals surface area contributed by atoms with Crippen LogP contribution in [0, 0.1) is 7.05 Å². The standard InChI is InChI=1S/C17H14N3O3/c1-20-14-9-8-12(15(21)11-6-4-3-5-7-11)10-13(14)18-16(20)19-17(22)23-2/h3-10H,1H2,2H3,(H,18,19,22). The number of carbonyl (C=O) groups is 2. The molecule has 0 fully saturated rings. The first-order valence-electron chi connectivity index (χ1n) is 6.88. The molecular weight excluding hydrogens is 294 g/mol. The fraction of sp³-hybridized carbons (Fsp3) is 0.0588. The minimum atomic E-state index is -0.634. The Morgan fingerprint density at radius 3 is 2.57 bits per heavy atom. The van der Waals surface area contributed by atoms with Crippen LogP contribution in [0.2, 0.25) is 0 Å². The lowest BCUT2D eigenvalue weighted by Gasteiger charge is -2.03. The van der Waals surface area contributed by atoms with Gasteiger partial charge in [0, 0.05) is 18.2 Å². The van der Waals surface area contributed by atoms with Gasteiger partial charge in [-0.25, -0.2) is 9.78 Å².